The molecule has 1 atom stereocenters. The van der Waals surface area contributed by atoms with E-state index >= 15 is 0 Å². The SMILES string of the molecule is CCNC(c1ccc(F)cn1)c1cccc(OC)c1F. The quantitative estimate of drug-likeness (QED) is 0.912. The molecule has 1 heterocycles. The molecule has 1 N–H and O–H groups in total. The topological polar surface area (TPSA) is 34.2 Å². The van der Waals surface area contributed by atoms with E-state index in [-0.39, 0.29) is 5.75 Å². The Bertz CT molecular complexity index is 573. The third kappa shape index (κ3) is 2.93. The van der Waals surface area contributed by atoms with E-state index in [2.05, 4.69) is 10.3 Å². The van der Waals surface area contributed by atoms with Gasteiger partial charge < -0.3 is 10.1 Å². The maximum atomic E-state index is 14.3. The summed E-state index contributed by atoms with van der Waals surface area (Å²) < 4.78 is 32.3. The molecule has 0 radical (unpaired) electrons. The Kier molecular flexibility index (Phi) is 4.63. The van der Waals surface area contributed by atoms with E-state index in [9.17, 15) is 8.78 Å². The average molecular weight is 278 g/mol. The van der Waals surface area contributed by atoms with Gasteiger partial charge in [-0.1, -0.05) is 19.1 Å². The molecule has 3 nitrogen and oxygen atoms in total. The van der Waals surface area contributed by atoms with E-state index in [0.717, 1.165) is 6.20 Å². The molecule has 0 bridgehead atoms. The van der Waals surface area contributed by atoms with Gasteiger partial charge in [0.15, 0.2) is 11.6 Å². The first kappa shape index (κ1) is 14.4. The van der Waals surface area contributed by atoms with Crippen molar-refractivity contribution >= 4 is 0 Å². The van der Waals surface area contributed by atoms with Crippen LogP contribution in [0.2, 0.25) is 0 Å². The molecule has 1 aromatic carbocycles. The molecule has 0 aliphatic rings. The number of rotatable bonds is 5. The minimum atomic E-state index is -0.448. The second kappa shape index (κ2) is 6.43. The lowest BCUT2D eigenvalue weighted by Gasteiger charge is -2.19. The Hall–Kier alpha value is -2.01. The van der Waals surface area contributed by atoms with Gasteiger partial charge in [0.25, 0.3) is 0 Å². The second-order valence-electron chi connectivity index (χ2n) is 4.26. The highest BCUT2D eigenvalue weighted by molar-refractivity contribution is 5.36. The van der Waals surface area contributed by atoms with Gasteiger partial charge in [0.2, 0.25) is 0 Å². The minimum Gasteiger partial charge on any atom is -0.494 e. The van der Waals surface area contributed by atoms with Gasteiger partial charge in [-0.2, -0.15) is 0 Å². The zero-order chi connectivity index (χ0) is 14.5. The van der Waals surface area contributed by atoms with Crippen molar-refractivity contribution in [3.05, 3.63) is 59.4 Å². The van der Waals surface area contributed by atoms with Crippen LogP contribution >= 0.6 is 0 Å². The van der Waals surface area contributed by atoms with Crippen molar-refractivity contribution in [2.45, 2.75) is 13.0 Å². The monoisotopic (exact) mass is 278 g/mol. The molecule has 2 rings (SSSR count). The number of methoxy groups -OCH3 is 1. The summed E-state index contributed by atoms with van der Waals surface area (Å²) >= 11 is 0. The Morgan fingerprint density at radius 3 is 2.65 bits per heavy atom. The van der Waals surface area contributed by atoms with Crippen LogP contribution in [0.15, 0.2) is 36.5 Å². The molecule has 0 aliphatic carbocycles. The summed E-state index contributed by atoms with van der Waals surface area (Å²) in [4.78, 5) is 4.03. The second-order valence-corrected chi connectivity index (χ2v) is 4.26. The van der Waals surface area contributed by atoms with Crippen LogP contribution in [0.3, 0.4) is 0 Å². The number of nitrogens with zero attached hydrogens (tertiary/aromatic N) is 1. The maximum Gasteiger partial charge on any atom is 0.170 e. The molecule has 1 aromatic heterocycles. The smallest absolute Gasteiger partial charge is 0.170 e. The first-order valence-corrected chi connectivity index (χ1v) is 6.34. The van der Waals surface area contributed by atoms with E-state index in [4.69, 9.17) is 4.74 Å². The van der Waals surface area contributed by atoms with Crippen molar-refractivity contribution < 1.29 is 13.5 Å². The number of hydrogen-bond acceptors (Lipinski definition) is 3. The Morgan fingerprint density at radius 1 is 1.25 bits per heavy atom. The highest BCUT2D eigenvalue weighted by Crippen LogP contribution is 2.28. The summed E-state index contributed by atoms with van der Waals surface area (Å²) in [6.45, 7) is 2.54. The van der Waals surface area contributed by atoms with Crippen molar-refractivity contribution in [1.29, 1.82) is 0 Å². The number of benzene rings is 1. The zero-order valence-corrected chi connectivity index (χ0v) is 11.4. The molecular formula is C15H16F2N2O. The van der Waals surface area contributed by atoms with Crippen molar-refractivity contribution in [2.75, 3.05) is 13.7 Å². The normalized spacial score (nSPS) is 12.2. The lowest BCUT2D eigenvalue weighted by molar-refractivity contribution is 0.381. The standard InChI is InChI=1S/C15H16F2N2O/c1-3-18-15(12-8-7-10(16)9-19-12)11-5-4-6-13(20-2)14(11)17/h4-9,15,18H,3H2,1-2H3. The molecule has 1 unspecified atom stereocenters. The summed E-state index contributed by atoms with van der Waals surface area (Å²) in [6, 6.07) is 7.34. The van der Waals surface area contributed by atoms with Gasteiger partial charge in [0.05, 0.1) is 25.0 Å². The largest absolute Gasteiger partial charge is 0.494 e. The molecule has 106 valence electrons. The average Bonchev–Trinajstić information content (AvgIpc) is 2.47. The first-order chi connectivity index (χ1) is 9.67. The Labute approximate surface area is 116 Å². The van der Waals surface area contributed by atoms with Crippen molar-refractivity contribution in [1.82, 2.24) is 10.3 Å². The summed E-state index contributed by atoms with van der Waals surface area (Å²) in [6.07, 6.45) is 1.12. The molecule has 20 heavy (non-hydrogen) atoms. The van der Waals surface area contributed by atoms with Gasteiger partial charge >= 0.3 is 0 Å². The van der Waals surface area contributed by atoms with Crippen LogP contribution in [0.1, 0.15) is 24.2 Å². The lowest BCUT2D eigenvalue weighted by atomic mass is 10.0. The molecular weight excluding hydrogens is 262 g/mol. The van der Waals surface area contributed by atoms with Gasteiger partial charge in [-0.3, -0.25) is 4.98 Å². The fraction of sp³-hybridized carbons (Fsp3) is 0.267. The van der Waals surface area contributed by atoms with Crippen molar-refractivity contribution in [3.8, 4) is 5.75 Å². The summed E-state index contributed by atoms with van der Waals surface area (Å²) in [5.41, 5.74) is 0.978. The van der Waals surface area contributed by atoms with Crippen LogP contribution < -0.4 is 10.1 Å². The van der Waals surface area contributed by atoms with Gasteiger partial charge in [-0.15, -0.1) is 0 Å². The summed E-state index contributed by atoms with van der Waals surface area (Å²) in [5, 5.41) is 3.15. The molecule has 0 saturated carbocycles. The van der Waals surface area contributed by atoms with Gasteiger partial charge in [-0.05, 0) is 24.7 Å². The van der Waals surface area contributed by atoms with Crippen molar-refractivity contribution in [2.24, 2.45) is 0 Å². The highest BCUT2D eigenvalue weighted by Gasteiger charge is 2.20. The van der Waals surface area contributed by atoms with Crippen LogP contribution in [-0.4, -0.2) is 18.6 Å². The molecule has 5 heteroatoms. The third-order valence-corrected chi connectivity index (χ3v) is 2.98. The highest BCUT2D eigenvalue weighted by atomic mass is 19.1. The van der Waals surface area contributed by atoms with Crippen LogP contribution in [0.5, 0.6) is 5.75 Å². The summed E-state index contributed by atoms with van der Waals surface area (Å²) in [7, 11) is 1.42. The maximum absolute atomic E-state index is 14.3. The molecule has 0 saturated heterocycles. The number of ether oxygens (including phenoxy) is 1. The fourth-order valence-electron chi connectivity index (χ4n) is 2.04. The van der Waals surface area contributed by atoms with E-state index in [1.54, 1.807) is 24.3 Å². The molecule has 0 fully saturated rings. The number of halogens is 2. The number of aromatic nitrogens is 1. The van der Waals surface area contributed by atoms with Crippen LogP contribution in [0.4, 0.5) is 8.78 Å². The van der Waals surface area contributed by atoms with Gasteiger partial charge in [0, 0.05) is 5.56 Å². The number of pyridine rings is 1. The van der Waals surface area contributed by atoms with Gasteiger partial charge in [0.1, 0.15) is 5.82 Å². The molecule has 0 aliphatic heterocycles. The number of nitrogens with one attached hydrogen (secondary N) is 1. The van der Waals surface area contributed by atoms with Crippen LogP contribution in [0.25, 0.3) is 0 Å². The van der Waals surface area contributed by atoms with E-state index in [0.29, 0.717) is 17.8 Å². The van der Waals surface area contributed by atoms with Crippen LogP contribution in [-0.2, 0) is 0 Å². The Balaban J connectivity index is 2.45. The van der Waals surface area contributed by atoms with Gasteiger partial charge in [-0.25, -0.2) is 8.78 Å². The summed E-state index contributed by atoms with van der Waals surface area (Å²) in [5.74, 6) is -0.685. The predicted octanol–water partition coefficient (Wildman–Crippen LogP) is 3.07. The third-order valence-electron chi connectivity index (χ3n) is 2.98. The zero-order valence-electron chi connectivity index (χ0n) is 11.4. The first-order valence-electron chi connectivity index (χ1n) is 6.34. The number of hydrogen-bond donors (Lipinski definition) is 1. The lowest BCUT2D eigenvalue weighted by Crippen LogP contribution is -2.24. The molecule has 0 amide bonds. The molecule has 0 spiro atoms. The van der Waals surface area contributed by atoms with Crippen molar-refractivity contribution in [3.63, 3.8) is 0 Å². The molecule has 2 aromatic rings. The predicted molar refractivity (Wildman–Crippen MR) is 72.7 cm³/mol. The van der Waals surface area contributed by atoms with E-state index in [1.165, 1.54) is 13.2 Å². The van der Waals surface area contributed by atoms with E-state index < -0.39 is 17.7 Å². The Morgan fingerprint density at radius 2 is 2.05 bits per heavy atom. The minimum absolute atomic E-state index is 0.174. The van der Waals surface area contributed by atoms with E-state index in [1.807, 2.05) is 6.92 Å². The fourth-order valence-corrected chi connectivity index (χ4v) is 2.04. The van der Waals surface area contributed by atoms with Crippen LogP contribution in [0, 0.1) is 11.6 Å².